The number of allylic oxidation sites excluding steroid dienone is 2. The van der Waals surface area contributed by atoms with Gasteiger partial charge in [-0.05, 0) is 32.6 Å². The van der Waals surface area contributed by atoms with Crippen molar-refractivity contribution in [2.45, 2.75) is 32.7 Å². The van der Waals surface area contributed by atoms with Crippen molar-refractivity contribution in [3.63, 3.8) is 0 Å². The fourth-order valence-electron chi connectivity index (χ4n) is 1.91. The van der Waals surface area contributed by atoms with E-state index in [4.69, 9.17) is 0 Å². The smallest absolute Gasteiger partial charge is 0.0285 e. The zero-order valence-corrected chi connectivity index (χ0v) is 9.34. The predicted octanol–water partition coefficient (Wildman–Crippen LogP) is 3.06. The Morgan fingerprint density at radius 2 is 2.43 bits per heavy atom. The maximum Gasteiger partial charge on any atom is 0.0285 e. The summed E-state index contributed by atoms with van der Waals surface area (Å²) in [5.41, 5.74) is 2.77. The molecule has 0 spiro atoms. The van der Waals surface area contributed by atoms with Gasteiger partial charge in [0.2, 0.25) is 0 Å². The summed E-state index contributed by atoms with van der Waals surface area (Å²) < 4.78 is 0. The van der Waals surface area contributed by atoms with Gasteiger partial charge in [-0.25, -0.2) is 0 Å². The Morgan fingerprint density at radius 1 is 1.71 bits per heavy atom. The van der Waals surface area contributed by atoms with Gasteiger partial charge in [-0.2, -0.15) is 0 Å². The molecule has 0 unspecified atom stereocenters. The lowest BCUT2D eigenvalue weighted by atomic mass is 9.83. The maximum atomic E-state index is 4.04. The van der Waals surface area contributed by atoms with E-state index in [1.807, 2.05) is 6.08 Å². The van der Waals surface area contributed by atoms with Crippen LogP contribution in [0, 0.1) is 5.92 Å². The highest BCUT2D eigenvalue weighted by molar-refractivity contribution is 5.17. The molecule has 0 aliphatic heterocycles. The van der Waals surface area contributed by atoms with Gasteiger partial charge in [0.25, 0.3) is 0 Å². The second-order valence-electron chi connectivity index (χ2n) is 4.21. The largest absolute Gasteiger partial charge is 0.307 e. The van der Waals surface area contributed by atoms with Crippen LogP contribution >= 0.6 is 0 Å². The molecule has 0 fully saturated rings. The van der Waals surface area contributed by atoms with E-state index in [2.05, 4.69) is 38.4 Å². The lowest BCUT2D eigenvalue weighted by Crippen LogP contribution is -2.34. The van der Waals surface area contributed by atoms with Crippen molar-refractivity contribution >= 4 is 0 Å². The van der Waals surface area contributed by atoms with E-state index >= 15 is 0 Å². The van der Waals surface area contributed by atoms with Gasteiger partial charge < -0.3 is 5.32 Å². The second-order valence-corrected chi connectivity index (χ2v) is 4.21. The fourth-order valence-corrected chi connectivity index (χ4v) is 1.91. The SMILES string of the molecule is C=CCN[C@H]1C[C@@H](C(=C)C)CC=C1C. The average Bonchev–Trinajstić information content (AvgIpc) is 2.16. The molecular formula is C13H21N. The first-order valence-corrected chi connectivity index (χ1v) is 5.31. The topological polar surface area (TPSA) is 12.0 Å². The van der Waals surface area contributed by atoms with Crippen LogP contribution in [-0.4, -0.2) is 12.6 Å². The molecule has 1 nitrogen and oxygen atoms in total. The van der Waals surface area contributed by atoms with Crippen LogP contribution in [0.1, 0.15) is 26.7 Å². The average molecular weight is 191 g/mol. The second kappa shape index (κ2) is 5.16. The molecule has 0 aromatic carbocycles. The highest BCUT2D eigenvalue weighted by atomic mass is 14.9. The summed E-state index contributed by atoms with van der Waals surface area (Å²) in [4.78, 5) is 0. The van der Waals surface area contributed by atoms with Crippen molar-refractivity contribution in [3.8, 4) is 0 Å². The van der Waals surface area contributed by atoms with Crippen LogP contribution in [0.3, 0.4) is 0 Å². The first-order chi connectivity index (χ1) is 6.65. The van der Waals surface area contributed by atoms with Gasteiger partial charge in [0.05, 0.1) is 0 Å². The Bertz CT molecular complexity index is 250. The van der Waals surface area contributed by atoms with Crippen LogP contribution in [0.4, 0.5) is 0 Å². The van der Waals surface area contributed by atoms with E-state index in [1.165, 1.54) is 17.6 Å². The van der Waals surface area contributed by atoms with Crippen LogP contribution in [-0.2, 0) is 0 Å². The predicted molar refractivity (Wildman–Crippen MR) is 63.3 cm³/mol. The van der Waals surface area contributed by atoms with Crippen molar-refractivity contribution < 1.29 is 0 Å². The van der Waals surface area contributed by atoms with E-state index in [-0.39, 0.29) is 0 Å². The molecule has 1 heteroatoms. The van der Waals surface area contributed by atoms with Crippen molar-refractivity contribution in [1.82, 2.24) is 5.32 Å². The maximum absolute atomic E-state index is 4.04. The van der Waals surface area contributed by atoms with Gasteiger partial charge in [0, 0.05) is 12.6 Å². The molecule has 0 saturated carbocycles. The van der Waals surface area contributed by atoms with Crippen molar-refractivity contribution in [1.29, 1.82) is 0 Å². The molecule has 0 radical (unpaired) electrons. The van der Waals surface area contributed by atoms with Gasteiger partial charge in [0.1, 0.15) is 0 Å². The lowest BCUT2D eigenvalue weighted by Gasteiger charge is -2.29. The first kappa shape index (κ1) is 11.3. The zero-order chi connectivity index (χ0) is 10.6. The molecule has 0 bridgehead atoms. The number of hydrogen-bond donors (Lipinski definition) is 1. The highest BCUT2D eigenvalue weighted by Crippen LogP contribution is 2.28. The minimum absolute atomic E-state index is 0.517. The van der Waals surface area contributed by atoms with Crippen LogP contribution in [0.2, 0.25) is 0 Å². The molecular weight excluding hydrogens is 170 g/mol. The zero-order valence-electron chi connectivity index (χ0n) is 9.34. The van der Waals surface area contributed by atoms with Crippen molar-refractivity contribution in [3.05, 3.63) is 36.5 Å². The molecule has 1 N–H and O–H groups in total. The molecule has 0 aromatic rings. The summed E-state index contributed by atoms with van der Waals surface area (Å²) in [5.74, 6) is 0.654. The Morgan fingerprint density at radius 3 is 3.00 bits per heavy atom. The summed E-state index contributed by atoms with van der Waals surface area (Å²) >= 11 is 0. The first-order valence-electron chi connectivity index (χ1n) is 5.31. The Kier molecular flexibility index (Phi) is 4.15. The molecule has 14 heavy (non-hydrogen) atoms. The lowest BCUT2D eigenvalue weighted by molar-refractivity contribution is 0.442. The summed E-state index contributed by atoms with van der Waals surface area (Å²) in [6.45, 7) is 13.0. The van der Waals surface area contributed by atoms with Gasteiger partial charge >= 0.3 is 0 Å². The Labute approximate surface area is 87.6 Å². The fraction of sp³-hybridized carbons (Fsp3) is 0.538. The summed E-state index contributed by atoms with van der Waals surface area (Å²) in [7, 11) is 0. The summed E-state index contributed by atoms with van der Waals surface area (Å²) in [5, 5.41) is 3.48. The van der Waals surface area contributed by atoms with Gasteiger partial charge in [-0.1, -0.05) is 29.9 Å². The monoisotopic (exact) mass is 191 g/mol. The van der Waals surface area contributed by atoms with Crippen LogP contribution < -0.4 is 5.32 Å². The number of nitrogens with one attached hydrogen (secondary N) is 1. The summed E-state index contributed by atoms with van der Waals surface area (Å²) in [6.07, 6.45) is 6.60. The van der Waals surface area contributed by atoms with Crippen LogP contribution in [0.25, 0.3) is 0 Å². The van der Waals surface area contributed by atoms with E-state index in [1.54, 1.807) is 0 Å². The van der Waals surface area contributed by atoms with E-state index in [0.29, 0.717) is 12.0 Å². The Balaban J connectivity index is 2.57. The Hall–Kier alpha value is -0.820. The quantitative estimate of drug-likeness (QED) is 0.673. The van der Waals surface area contributed by atoms with Gasteiger partial charge in [-0.3, -0.25) is 0 Å². The van der Waals surface area contributed by atoms with Crippen molar-refractivity contribution in [2.24, 2.45) is 5.92 Å². The van der Waals surface area contributed by atoms with E-state index < -0.39 is 0 Å². The number of rotatable bonds is 4. The molecule has 1 rings (SSSR count). The van der Waals surface area contributed by atoms with Crippen molar-refractivity contribution in [2.75, 3.05) is 6.54 Å². The molecule has 1 aliphatic rings. The third-order valence-electron chi connectivity index (χ3n) is 3.00. The molecule has 78 valence electrons. The third kappa shape index (κ3) is 2.85. The molecule has 0 amide bonds. The molecule has 2 atom stereocenters. The van der Waals surface area contributed by atoms with E-state index in [0.717, 1.165) is 13.0 Å². The van der Waals surface area contributed by atoms with E-state index in [9.17, 15) is 0 Å². The van der Waals surface area contributed by atoms with Crippen LogP contribution in [0.15, 0.2) is 36.5 Å². The normalized spacial score (nSPS) is 26.9. The van der Waals surface area contributed by atoms with Gasteiger partial charge in [0.15, 0.2) is 0 Å². The molecule has 0 saturated heterocycles. The van der Waals surface area contributed by atoms with Crippen LogP contribution in [0.5, 0.6) is 0 Å². The number of hydrogen-bond acceptors (Lipinski definition) is 1. The summed E-state index contributed by atoms with van der Waals surface area (Å²) in [6, 6.07) is 0.517. The molecule has 0 aromatic heterocycles. The van der Waals surface area contributed by atoms with Gasteiger partial charge in [-0.15, -0.1) is 6.58 Å². The third-order valence-corrected chi connectivity index (χ3v) is 3.00. The minimum atomic E-state index is 0.517. The molecule has 1 aliphatic carbocycles. The highest BCUT2D eigenvalue weighted by Gasteiger charge is 2.21. The molecule has 0 heterocycles. The minimum Gasteiger partial charge on any atom is -0.307 e. The standard InChI is InChI=1S/C13H21N/c1-5-8-14-13-9-12(10(2)3)7-6-11(13)4/h5-6,12-14H,1-2,7-9H2,3-4H3/t12-,13-/m0/s1.